The molecule has 0 amide bonds. The van der Waals surface area contributed by atoms with Gasteiger partial charge in [-0.05, 0) is 24.3 Å². The summed E-state index contributed by atoms with van der Waals surface area (Å²) < 4.78 is 0. The molecular formula is C16H24N2O. The first kappa shape index (κ1) is 13.1. The zero-order chi connectivity index (χ0) is 13.1. The fourth-order valence-electron chi connectivity index (χ4n) is 2.87. The maximum Gasteiger partial charge on any atom is 0.0695 e. The molecule has 1 atom stereocenters. The molecule has 1 N–H and O–H groups in total. The van der Waals surface area contributed by atoms with Crippen molar-refractivity contribution >= 4 is 0 Å². The maximum absolute atomic E-state index is 9.99. The lowest BCUT2D eigenvalue weighted by atomic mass is 10.2. The van der Waals surface area contributed by atoms with Crippen molar-refractivity contribution in [2.75, 3.05) is 32.7 Å². The maximum atomic E-state index is 9.99. The van der Waals surface area contributed by atoms with Crippen LogP contribution in [0.2, 0.25) is 0 Å². The molecule has 1 aromatic carbocycles. The Labute approximate surface area is 115 Å². The number of rotatable bonds is 5. The molecule has 104 valence electrons. The number of aliphatic hydroxyl groups is 1. The zero-order valence-corrected chi connectivity index (χ0v) is 11.5. The van der Waals surface area contributed by atoms with E-state index in [0.29, 0.717) is 5.92 Å². The molecule has 1 aromatic rings. The van der Waals surface area contributed by atoms with Gasteiger partial charge >= 0.3 is 0 Å². The standard InChI is InChI=1S/C16H24N2O/c19-16(15-6-7-15)13-18-10-8-17(9-11-18)12-14-4-2-1-3-5-14/h1-5,15-16,19H,6-13H2/t16-/m1/s1. The Kier molecular flexibility index (Phi) is 4.16. The lowest BCUT2D eigenvalue weighted by Crippen LogP contribution is -2.48. The van der Waals surface area contributed by atoms with E-state index in [2.05, 4.69) is 40.1 Å². The normalized spacial score (nSPS) is 23.4. The van der Waals surface area contributed by atoms with Crippen LogP contribution in [0.3, 0.4) is 0 Å². The van der Waals surface area contributed by atoms with Crippen LogP contribution in [0.25, 0.3) is 0 Å². The van der Waals surface area contributed by atoms with Crippen LogP contribution >= 0.6 is 0 Å². The van der Waals surface area contributed by atoms with E-state index in [1.165, 1.54) is 18.4 Å². The third-order valence-corrected chi connectivity index (χ3v) is 4.33. The molecule has 0 radical (unpaired) electrons. The van der Waals surface area contributed by atoms with E-state index in [4.69, 9.17) is 0 Å². The van der Waals surface area contributed by atoms with Crippen molar-refractivity contribution in [3.63, 3.8) is 0 Å². The molecule has 19 heavy (non-hydrogen) atoms. The summed E-state index contributed by atoms with van der Waals surface area (Å²) >= 11 is 0. The summed E-state index contributed by atoms with van der Waals surface area (Å²) in [6.45, 7) is 6.36. The number of piperazine rings is 1. The van der Waals surface area contributed by atoms with Crippen molar-refractivity contribution in [3.05, 3.63) is 35.9 Å². The van der Waals surface area contributed by atoms with Crippen LogP contribution < -0.4 is 0 Å². The highest BCUT2D eigenvalue weighted by molar-refractivity contribution is 5.14. The average Bonchev–Trinajstić information content (AvgIpc) is 3.27. The number of hydrogen-bond acceptors (Lipinski definition) is 3. The van der Waals surface area contributed by atoms with Gasteiger partial charge in [-0.2, -0.15) is 0 Å². The molecule has 3 rings (SSSR count). The molecule has 0 spiro atoms. The van der Waals surface area contributed by atoms with Gasteiger partial charge in [-0.25, -0.2) is 0 Å². The van der Waals surface area contributed by atoms with Crippen LogP contribution in [-0.4, -0.2) is 53.7 Å². The molecule has 1 saturated heterocycles. The number of nitrogens with zero attached hydrogens (tertiary/aromatic N) is 2. The Hall–Kier alpha value is -0.900. The zero-order valence-electron chi connectivity index (χ0n) is 11.5. The molecule has 1 saturated carbocycles. The first-order valence-electron chi connectivity index (χ1n) is 7.48. The van der Waals surface area contributed by atoms with Gasteiger partial charge in [0.1, 0.15) is 0 Å². The van der Waals surface area contributed by atoms with Gasteiger partial charge < -0.3 is 5.11 Å². The van der Waals surface area contributed by atoms with E-state index in [-0.39, 0.29) is 6.10 Å². The molecule has 2 fully saturated rings. The topological polar surface area (TPSA) is 26.7 Å². The fourth-order valence-corrected chi connectivity index (χ4v) is 2.87. The summed E-state index contributed by atoms with van der Waals surface area (Å²) in [6, 6.07) is 10.7. The van der Waals surface area contributed by atoms with E-state index >= 15 is 0 Å². The Balaban J connectivity index is 1.41. The quantitative estimate of drug-likeness (QED) is 0.870. The van der Waals surface area contributed by atoms with Gasteiger partial charge in [0.2, 0.25) is 0 Å². The molecule has 0 aromatic heterocycles. The molecule has 3 heteroatoms. The molecule has 1 aliphatic carbocycles. The predicted octanol–water partition coefficient (Wildman–Crippen LogP) is 1.58. The fraction of sp³-hybridized carbons (Fsp3) is 0.625. The Morgan fingerprint density at radius 2 is 1.63 bits per heavy atom. The van der Waals surface area contributed by atoms with E-state index in [9.17, 15) is 5.11 Å². The van der Waals surface area contributed by atoms with Crippen molar-refractivity contribution in [1.82, 2.24) is 9.80 Å². The number of benzene rings is 1. The molecule has 3 nitrogen and oxygen atoms in total. The van der Waals surface area contributed by atoms with Crippen LogP contribution in [-0.2, 0) is 6.54 Å². The summed E-state index contributed by atoms with van der Waals surface area (Å²) in [5.41, 5.74) is 1.40. The highest BCUT2D eigenvalue weighted by Gasteiger charge is 2.31. The number of hydrogen-bond donors (Lipinski definition) is 1. The van der Waals surface area contributed by atoms with Gasteiger partial charge in [0.05, 0.1) is 6.10 Å². The Bertz CT molecular complexity index is 383. The highest BCUT2D eigenvalue weighted by Crippen LogP contribution is 2.32. The monoisotopic (exact) mass is 260 g/mol. The van der Waals surface area contributed by atoms with Crippen molar-refractivity contribution in [2.45, 2.75) is 25.5 Å². The molecule has 1 heterocycles. The molecule has 2 aliphatic rings. The van der Waals surface area contributed by atoms with Crippen molar-refractivity contribution in [3.8, 4) is 0 Å². The Morgan fingerprint density at radius 3 is 2.26 bits per heavy atom. The third-order valence-electron chi connectivity index (χ3n) is 4.33. The smallest absolute Gasteiger partial charge is 0.0695 e. The van der Waals surface area contributed by atoms with Crippen LogP contribution in [0.4, 0.5) is 0 Å². The van der Waals surface area contributed by atoms with Crippen LogP contribution in [0.5, 0.6) is 0 Å². The predicted molar refractivity (Wildman–Crippen MR) is 76.9 cm³/mol. The lowest BCUT2D eigenvalue weighted by Gasteiger charge is -2.35. The van der Waals surface area contributed by atoms with Crippen molar-refractivity contribution in [1.29, 1.82) is 0 Å². The van der Waals surface area contributed by atoms with E-state index in [0.717, 1.165) is 39.3 Å². The number of aliphatic hydroxyl groups excluding tert-OH is 1. The summed E-state index contributed by atoms with van der Waals surface area (Å²) in [7, 11) is 0. The highest BCUT2D eigenvalue weighted by atomic mass is 16.3. The minimum Gasteiger partial charge on any atom is -0.392 e. The number of β-amino-alcohol motifs (C(OH)–C–C–N with tert-alkyl or cyclic N) is 1. The SMILES string of the molecule is O[C@H](CN1CCN(Cc2ccccc2)CC1)C1CC1. The van der Waals surface area contributed by atoms with E-state index < -0.39 is 0 Å². The molecule has 0 unspecified atom stereocenters. The molecule has 1 aliphatic heterocycles. The van der Waals surface area contributed by atoms with E-state index in [1.54, 1.807) is 0 Å². The van der Waals surface area contributed by atoms with Gasteiger partial charge in [0.15, 0.2) is 0 Å². The lowest BCUT2D eigenvalue weighted by molar-refractivity contribution is 0.0602. The first-order valence-corrected chi connectivity index (χ1v) is 7.48. The summed E-state index contributed by atoms with van der Waals surface area (Å²) in [5.74, 6) is 0.599. The van der Waals surface area contributed by atoms with Crippen molar-refractivity contribution in [2.24, 2.45) is 5.92 Å². The second-order valence-corrected chi connectivity index (χ2v) is 5.97. The van der Waals surface area contributed by atoms with Crippen molar-refractivity contribution < 1.29 is 5.11 Å². The minimum absolute atomic E-state index is 0.0827. The van der Waals surface area contributed by atoms with Crippen LogP contribution in [0, 0.1) is 5.92 Å². The largest absolute Gasteiger partial charge is 0.392 e. The second kappa shape index (κ2) is 6.04. The van der Waals surface area contributed by atoms with Crippen LogP contribution in [0.1, 0.15) is 18.4 Å². The minimum atomic E-state index is -0.0827. The summed E-state index contributed by atoms with van der Waals surface area (Å²) in [5, 5.41) is 9.99. The third kappa shape index (κ3) is 3.78. The molecule has 0 bridgehead atoms. The molecular weight excluding hydrogens is 236 g/mol. The van der Waals surface area contributed by atoms with Crippen LogP contribution in [0.15, 0.2) is 30.3 Å². The van der Waals surface area contributed by atoms with Gasteiger partial charge in [0, 0.05) is 39.3 Å². The van der Waals surface area contributed by atoms with Gasteiger partial charge in [-0.3, -0.25) is 9.80 Å². The van der Waals surface area contributed by atoms with Gasteiger partial charge in [-0.15, -0.1) is 0 Å². The summed E-state index contributed by atoms with van der Waals surface area (Å²) in [4.78, 5) is 4.93. The van der Waals surface area contributed by atoms with Gasteiger partial charge in [-0.1, -0.05) is 30.3 Å². The first-order chi connectivity index (χ1) is 9.31. The van der Waals surface area contributed by atoms with Gasteiger partial charge in [0.25, 0.3) is 0 Å². The van der Waals surface area contributed by atoms with E-state index in [1.807, 2.05) is 0 Å². The Morgan fingerprint density at radius 1 is 1.00 bits per heavy atom. The average molecular weight is 260 g/mol. The second-order valence-electron chi connectivity index (χ2n) is 5.97. The summed E-state index contributed by atoms with van der Waals surface area (Å²) in [6.07, 6.45) is 2.38.